The number of anilines is 6. The van der Waals surface area contributed by atoms with Gasteiger partial charge >= 0.3 is 11.9 Å². The molecule has 0 aliphatic heterocycles. The zero-order valence-corrected chi connectivity index (χ0v) is 31.3. The third kappa shape index (κ3) is 10.2. The molecule has 18 heteroatoms. The minimum Gasteiger partial charge on any atom is -0.472 e. The summed E-state index contributed by atoms with van der Waals surface area (Å²) < 4.78 is 21.3. The molecular weight excluding hydrogens is 708 g/mol. The van der Waals surface area contributed by atoms with E-state index in [4.69, 9.17) is 18.9 Å². The van der Waals surface area contributed by atoms with E-state index in [2.05, 4.69) is 45.9 Å². The van der Waals surface area contributed by atoms with Gasteiger partial charge in [0.1, 0.15) is 47.1 Å². The summed E-state index contributed by atoms with van der Waals surface area (Å²) in [7, 11) is 7.97. The Morgan fingerprint density at radius 3 is 1.58 bits per heavy atom. The molecule has 4 heterocycles. The molecule has 6 rings (SSSR count). The largest absolute Gasteiger partial charge is 0.472 e. The predicted molar refractivity (Wildman–Crippen MR) is 201 cm³/mol. The molecule has 0 atom stereocenters. The van der Waals surface area contributed by atoms with Crippen LogP contribution >= 0.6 is 0 Å². The monoisotopic (exact) mass is 750 g/mol. The first-order valence-electron chi connectivity index (χ1n) is 17.6. The highest BCUT2D eigenvalue weighted by Gasteiger charge is 2.22. The van der Waals surface area contributed by atoms with E-state index < -0.39 is 11.9 Å². The lowest BCUT2D eigenvalue weighted by Gasteiger charge is -2.17. The molecular formula is C37H42N12O6. The van der Waals surface area contributed by atoms with E-state index in [0.717, 1.165) is 51.4 Å². The summed E-state index contributed by atoms with van der Waals surface area (Å²) in [5.74, 6) is 1.21. The maximum atomic E-state index is 11.9. The lowest BCUT2D eigenvalue weighted by Crippen LogP contribution is -2.16. The average molecular weight is 751 g/mol. The van der Waals surface area contributed by atoms with Crippen molar-refractivity contribution in [2.75, 3.05) is 56.2 Å². The Balaban J connectivity index is 0.000000211. The molecule has 4 aromatic heterocycles. The van der Waals surface area contributed by atoms with Gasteiger partial charge in [0.15, 0.2) is 11.6 Å². The Morgan fingerprint density at radius 1 is 0.691 bits per heavy atom. The molecule has 2 aliphatic rings. The second kappa shape index (κ2) is 18.8. The zero-order chi connectivity index (χ0) is 39.3. The van der Waals surface area contributed by atoms with E-state index in [1.807, 2.05) is 26.2 Å². The highest BCUT2D eigenvalue weighted by Crippen LogP contribution is 2.29. The second-order valence-corrected chi connectivity index (χ2v) is 12.7. The highest BCUT2D eigenvalue weighted by atomic mass is 16.5. The van der Waals surface area contributed by atoms with Gasteiger partial charge in [0, 0.05) is 45.7 Å². The molecule has 0 aromatic carbocycles. The number of hydrogen-bond donors (Lipinski definition) is 3. The minimum absolute atomic E-state index is 0.0643. The molecule has 2 fully saturated rings. The molecule has 0 saturated heterocycles. The Bertz CT molecular complexity index is 2070. The molecule has 0 radical (unpaired) electrons. The van der Waals surface area contributed by atoms with E-state index in [1.54, 1.807) is 24.1 Å². The summed E-state index contributed by atoms with van der Waals surface area (Å²) in [6, 6.07) is 7.38. The van der Waals surface area contributed by atoms with Gasteiger partial charge in [0.2, 0.25) is 11.4 Å². The van der Waals surface area contributed by atoms with Crippen LogP contribution in [0.25, 0.3) is 0 Å². The molecule has 4 aromatic rings. The van der Waals surface area contributed by atoms with Crippen molar-refractivity contribution in [3.63, 3.8) is 0 Å². The van der Waals surface area contributed by atoms with Crippen LogP contribution in [0.4, 0.5) is 34.6 Å². The number of methoxy groups -OCH3 is 2. The third-order valence-electron chi connectivity index (χ3n) is 8.71. The lowest BCUT2D eigenvalue weighted by molar-refractivity contribution is 0.0592. The van der Waals surface area contributed by atoms with Crippen LogP contribution in [0.5, 0.6) is 11.8 Å². The quantitative estimate of drug-likeness (QED) is 0.156. The third-order valence-corrected chi connectivity index (χ3v) is 8.71. The van der Waals surface area contributed by atoms with Gasteiger partial charge in [-0.05, 0) is 51.4 Å². The fourth-order valence-electron chi connectivity index (χ4n) is 5.93. The molecule has 2 aliphatic carbocycles. The van der Waals surface area contributed by atoms with E-state index >= 15 is 0 Å². The molecule has 2 saturated carbocycles. The van der Waals surface area contributed by atoms with E-state index in [-0.39, 0.29) is 35.4 Å². The summed E-state index contributed by atoms with van der Waals surface area (Å²) in [6.45, 7) is 0. The zero-order valence-electron chi connectivity index (χ0n) is 31.3. The van der Waals surface area contributed by atoms with Crippen LogP contribution in [0.1, 0.15) is 83.5 Å². The number of carbonyl (C=O) groups is 2. The van der Waals surface area contributed by atoms with Crippen molar-refractivity contribution in [2.24, 2.45) is 0 Å². The van der Waals surface area contributed by atoms with Gasteiger partial charge in [-0.1, -0.05) is 0 Å². The van der Waals surface area contributed by atoms with Gasteiger partial charge in [0.25, 0.3) is 11.8 Å². The number of carbonyl (C=O) groups excluding carboxylic acids is 2. The molecule has 18 nitrogen and oxygen atoms in total. The summed E-state index contributed by atoms with van der Waals surface area (Å²) in [6.07, 6.45) is 14.1. The predicted octanol–water partition coefficient (Wildman–Crippen LogP) is 5.30. The fourth-order valence-corrected chi connectivity index (χ4v) is 5.93. The Kier molecular flexibility index (Phi) is 13.5. The molecule has 0 bridgehead atoms. The smallest absolute Gasteiger partial charge is 0.341 e. The first-order chi connectivity index (χ1) is 26.7. The SMILES string of the molecule is CNc1cc(Nc2cnc(C#N)c(OC3CCCC3)n2)ncc1C(=O)OC.COC(=O)c1cnc(Nc2cnc(C#N)c(OC3CCCC3)n2)cc1N(C)C. The number of rotatable bonds is 12. The summed E-state index contributed by atoms with van der Waals surface area (Å²) in [4.78, 5) is 50.9. The van der Waals surface area contributed by atoms with E-state index in [1.165, 1.54) is 39.0 Å². The van der Waals surface area contributed by atoms with Gasteiger partial charge in [-0.25, -0.2) is 29.5 Å². The fraction of sp³-hybridized carbons (Fsp3) is 0.405. The Hall–Kier alpha value is -6.82. The molecule has 3 N–H and O–H groups in total. The molecule has 0 spiro atoms. The van der Waals surface area contributed by atoms with Crippen LogP contribution in [0.15, 0.2) is 36.9 Å². The van der Waals surface area contributed by atoms with Crippen LogP contribution in [0.2, 0.25) is 0 Å². The summed E-state index contributed by atoms with van der Waals surface area (Å²) in [5.41, 5.74) is 2.19. The number of aromatic nitrogens is 6. The molecule has 55 heavy (non-hydrogen) atoms. The van der Waals surface area contributed by atoms with Crippen molar-refractivity contribution in [3.05, 3.63) is 59.4 Å². The van der Waals surface area contributed by atoms with Crippen molar-refractivity contribution >= 4 is 46.6 Å². The Morgan fingerprint density at radius 2 is 1.15 bits per heavy atom. The van der Waals surface area contributed by atoms with Crippen molar-refractivity contribution in [1.29, 1.82) is 10.5 Å². The standard InChI is InChI=1S/C19H22N6O3.C18H20N6O3/c1-25(2)15-8-16(22-10-13(15)19(26)27-3)23-17-11-21-14(9-20)18(24-17)28-12-6-4-5-7-12;1-20-13-7-15(22-9-12(13)18(25)26-2)23-16-10-21-14(8-19)17(24-16)27-11-5-3-4-6-11/h8,10-12H,4-7H2,1-3H3,(H,22,23,24);7,9-11H,3-6H2,1-2H3,(H2,20,22,23,24). The molecule has 0 unspecified atom stereocenters. The topological polar surface area (TPSA) is 235 Å². The first kappa shape index (κ1) is 39.4. The maximum Gasteiger partial charge on any atom is 0.341 e. The van der Waals surface area contributed by atoms with Crippen LogP contribution in [0, 0.1) is 22.7 Å². The van der Waals surface area contributed by atoms with Crippen molar-refractivity contribution < 1.29 is 28.5 Å². The second-order valence-electron chi connectivity index (χ2n) is 12.7. The molecule has 286 valence electrons. The Labute approximate surface area is 318 Å². The van der Waals surface area contributed by atoms with Gasteiger partial charge in [-0.15, -0.1) is 0 Å². The number of nitrogens with zero attached hydrogens (tertiary/aromatic N) is 9. The van der Waals surface area contributed by atoms with Crippen LogP contribution < -0.4 is 30.3 Å². The maximum absolute atomic E-state index is 11.9. The average Bonchev–Trinajstić information content (AvgIpc) is 3.93. The number of nitriles is 2. The molecule has 0 amide bonds. The normalized spacial score (nSPS) is 13.7. The van der Waals surface area contributed by atoms with Crippen molar-refractivity contribution in [1.82, 2.24) is 29.9 Å². The van der Waals surface area contributed by atoms with Gasteiger partial charge in [-0.2, -0.15) is 20.5 Å². The summed E-state index contributed by atoms with van der Waals surface area (Å²) >= 11 is 0. The number of esters is 2. The van der Waals surface area contributed by atoms with Crippen LogP contribution in [-0.2, 0) is 9.47 Å². The number of nitrogens with one attached hydrogen (secondary N) is 3. The first-order valence-corrected chi connectivity index (χ1v) is 17.6. The van der Waals surface area contributed by atoms with Gasteiger partial charge in [0.05, 0.1) is 38.0 Å². The van der Waals surface area contributed by atoms with Gasteiger partial charge in [-0.3, -0.25) is 0 Å². The number of pyridine rings is 2. The lowest BCUT2D eigenvalue weighted by atomic mass is 10.2. The number of hydrogen-bond acceptors (Lipinski definition) is 18. The van der Waals surface area contributed by atoms with Crippen LogP contribution in [-0.4, -0.2) is 89.4 Å². The van der Waals surface area contributed by atoms with Gasteiger partial charge < -0.3 is 39.8 Å². The highest BCUT2D eigenvalue weighted by molar-refractivity contribution is 5.96. The number of ether oxygens (including phenoxy) is 4. The summed E-state index contributed by atoms with van der Waals surface area (Å²) in [5, 5.41) is 27.5. The van der Waals surface area contributed by atoms with E-state index in [0.29, 0.717) is 45.8 Å². The van der Waals surface area contributed by atoms with Crippen molar-refractivity contribution in [2.45, 2.75) is 63.6 Å². The van der Waals surface area contributed by atoms with Crippen molar-refractivity contribution in [3.8, 4) is 23.9 Å². The van der Waals surface area contributed by atoms with Crippen LogP contribution in [0.3, 0.4) is 0 Å². The van der Waals surface area contributed by atoms with E-state index in [9.17, 15) is 20.1 Å². The minimum atomic E-state index is -0.483.